The second-order valence-electron chi connectivity index (χ2n) is 6.03. The molecule has 1 N–H and O–H groups in total. The van der Waals surface area contributed by atoms with Crippen molar-refractivity contribution in [1.29, 1.82) is 0 Å². The van der Waals surface area contributed by atoms with Gasteiger partial charge in [-0.25, -0.2) is 0 Å². The van der Waals surface area contributed by atoms with E-state index in [1.807, 2.05) is 0 Å². The molecule has 142 valence electrons. The van der Waals surface area contributed by atoms with Crippen molar-refractivity contribution in [3.05, 3.63) is 0 Å². The van der Waals surface area contributed by atoms with Gasteiger partial charge in [0, 0.05) is 6.42 Å². The van der Waals surface area contributed by atoms with E-state index in [1.54, 1.807) is 0 Å². The van der Waals surface area contributed by atoms with Gasteiger partial charge in [-0.05, 0) is 6.42 Å². The molecule has 3 rings (SSSR count). The van der Waals surface area contributed by atoms with Crippen LogP contribution in [0.15, 0.2) is 0 Å². The zero-order valence-corrected chi connectivity index (χ0v) is 13.0. The third-order valence-electron chi connectivity index (χ3n) is 4.44. The summed E-state index contributed by atoms with van der Waals surface area (Å²) in [7, 11) is -6.36. The lowest BCUT2D eigenvalue weighted by molar-refractivity contribution is -0.175. The standard InChI is InChI=1S/C12H12F4O8S/c13-11(14,12(15,16)25(19,20)21)2-1-6(17)23-8-5-3-4-7(22-5)9(8)24-10(4)18/h4-5,7-9H,1-3H2,(H,19,20,21). The van der Waals surface area contributed by atoms with Gasteiger partial charge in [0.05, 0.1) is 18.4 Å². The van der Waals surface area contributed by atoms with E-state index in [2.05, 4.69) is 0 Å². The summed E-state index contributed by atoms with van der Waals surface area (Å²) in [5, 5.41) is -5.75. The Morgan fingerprint density at radius 1 is 1.28 bits per heavy atom. The largest absolute Gasteiger partial charge is 0.455 e. The highest BCUT2D eigenvalue weighted by Gasteiger charge is 2.66. The van der Waals surface area contributed by atoms with Crippen molar-refractivity contribution in [1.82, 2.24) is 0 Å². The van der Waals surface area contributed by atoms with Crippen LogP contribution in [0.5, 0.6) is 0 Å². The normalized spacial score (nSPS) is 34.3. The molecule has 3 fully saturated rings. The Labute approximate surface area is 138 Å². The number of hydrogen-bond donors (Lipinski definition) is 1. The number of carbonyl (C=O) groups excluding carboxylic acids is 2. The first kappa shape index (κ1) is 18.3. The number of halogens is 4. The molecule has 0 aliphatic carbocycles. The minimum Gasteiger partial charge on any atom is -0.455 e. The summed E-state index contributed by atoms with van der Waals surface area (Å²) in [4.78, 5) is 23.1. The van der Waals surface area contributed by atoms with Gasteiger partial charge in [0.2, 0.25) is 0 Å². The molecule has 3 aliphatic heterocycles. The summed E-state index contributed by atoms with van der Waals surface area (Å²) in [6.45, 7) is 0. The van der Waals surface area contributed by atoms with E-state index in [0.29, 0.717) is 0 Å². The van der Waals surface area contributed by atoms with E-state index < -0.39 is 76.4 Å². The van der Waals surface area contributed by atoms with Crippen LogP contribution in [-0.2, 0) is 33.9 Å². The first-order valence-corrected chi connectivity index (χ1v) is 8.57. The molecule has 0 spiro atoms. The molecule has 0 saturated carbocycles. The second-order valence-corrected chi connectivity index (χ2v) is 7.50. The third kappa shape index (κ3) is 2.77. The summed E-state index contributed by atoms with van der Waals surface area (Å²) in [5.74, 6) is -7.49. The smallest absolute Gasteiger partial charge is 0.431 e. The summed E-state index contributed by atoms with van der Waals surface area (Å²) in [6, 6.07) is 0. The number of hydrogen-bond acceptors (Lipinski definition) is 7. The molecule has 5 atom stereocenters. The fourth-order valence-corrected chi connectivity index (χ4v) is 3.67. The van der Waals surface area contributed by atoms with Crippen LogP contribution >= 0.6 is 0 Å². The fraction of sp³-hybridized carbons (Fsp3) is 0.833. The average Bonchev–Trinajstić information content (AvgIpc) is 3.08. The van der Waals surface area contributed by atoms with Crippen molar-refractivity contribution < 1.29 is 54.3 Å². The molecule has 25 heavy (non-hydrogen) atoms. The lowest BCUT2D eigenvalue weighted by Crippen LogP contribution is -2.47. The van der Waals surface area contributed by atoms with E-state index in [0.717, 1.165) is 0 Å². The molecule has 3 saturated heterocycles. The first-order chi connectivity index (χ1) is 11.3. The molecular weight excluding hydrogens is 380 g/mol. The Hall–Kier alpha value is -1.47. The maximum atomic E-state index is 13.3. The van der Waals surface area contributed by atoms with E-state index >= 15 is 0 Å². The maximum absolute atomic E-state index is 13.3. The highest BCUT2D eigenvalue weighted by atomic mass is 32.2. The van der Waals surface area contributed by atoms with E-state index in [4.69, 9.17) is 18.8 Å². The summed E-state index contributed by atoms with van der Waals surface area (Å²) in [5.41, 5.74) is 0. The van der Waals surface area contributed by atoms with Crippen molar-refractivity contribution >= 4 is 22.1 Å². The molecule has 0 radical (unpaired) electrons. The predicted molar refractivity (Wildman–Crippen MR) is 67.2 cm³/mol. The van der Waals surface area contributed by atoms with Crippen molar-refractivity contribution in [2.24, 2.45) is 5.92 Å². The van der Waals surface area contributed by atoms with Crippen molar-refractivity contribution in [3.63, 3.8) is 0 Å². The molecule has 0 aromatic carbocycles. The van der Waals surface area contributed by atoms with Gasteiger partial charge in [0.15, 0.2) is 12.2 Å². The number of carbonyl (C=O) groups is 2. The van der Waals surface area contributed by atoms with Gasteiger partial charge in [-0.1, -0.05) is 0 Å². The van der Waals surface area contributed by atoms with E-state index in [-0.39, 0.29) is 6.42 Å². The Balaban J connectivity index is 1.58. The van der Waals surface area contributed by atoms with Crippen LogP contribution in [0.2, 0.25) is 0 Å². The van der Waals surface area contributed by atoms with Crippen LogP contribution in [0.4, 0.5) is 17.6 Å². The molecule has 5 unspecified atom stereocenters. The molecule has 0 aromatic heterocycles. The van der Waals surface area contributed by atoms with Crippen LogP contribution in [0.1, 0.15) is 19.3 Å². The predicted octanol–water partition coefficient (Wildman–Crippen LogP) is 0.507. The van der Waals surface area contributed by atoms with E-state index in [1.165, 1.54) is 0 Å². The van der Waals surface area contributed by atoms with Gasteiger partial charge in [0.1, 0.15) is 6.10 Å². The molecule has 2 bridgehead atoms. The Morgan fingerprint density at radius 3 is 2.52 bits per heavy atom. The lowest BCUT2D eigenvalue weighted by atomic mass is 9.88. The molecule has 8 nitrogen and oxygen atoms in total. The second kappa shape index (κ2) is 5.51. The fourth-order valence-electron chi connectivity index (χ4n) is 3.19. The summed E-state index contributed by atoms with van der Waals surface area (Å²) < 4.78 is 96.9. The summed E-state index contributed by atoms with van der Waals surface area (Å²) >= 11 is 0. The SMILES string of the molecule is O=C(CCC(F)(F)C(F)(F)S(=O)(=O)O)OC1C2CC3C(=O)OC1C3O2. The van der Waals surface area contributed by atoms with Gasteiger partial charge < -0.3 is 14.2 Å². The minimum atomic E-state index is -6.36. The zero-order valence-electron chi connectivity index (χ0n) is 12.2. The molecule has 13 heteroatoms. The van der Waals surface area contributed by atoms with Gasteiger partial charge in [0.25, 0.3) is 0 Å². The van der Waals surface area contributed by atoms with Crippen LogP contribution in [0.25, 0.3) is 0 Å². The van der Waals surface area contributed by atoms with E-state index in [9.17, 15) is 35.6 Å². The molecular formula is C12H12F4O8S. The number of alkyl halides is 4. The first-order valence-electron chi connectivity index (χ1n) is 7.13. The van der Waals surface area contributed by atoms with Gasteiger partial charge >= 0.3 is 33.2 Å². The van der Waals surface area contributed by atoms with Crippen LogP contribution in [0.3, 0.4) is 0 Å². The van der Waals surface area contributed by atoms with Crippen molar-refractivity contribution in [2.75, 3.05) is 0 Å². The molecule has 0 amide bonds. The van der Waals surface area contributed by atoms with Gasteiger partial charge in [-0.3, -0.25) is 14.1 Å². The van der Waals surface area contributed by atoms with Crippen LogP contribution in [-0.4, -0.2) is 60.5 Å². The topological polar surface area (TPSA) is 116 Å². The Morgan fingerprint density at radius 2 is 1.92 bits per heavy atom. The quantitative estimate of drug-likeness (QED) is 0.395. The van der Waals surface area contributed by atoms with Gasteiger partial charge in [-0.2, -0.15) is 26.0 Å². The number of rotatable bonds is 6. The number of esters is 2. The van der Waals surface area contributed by atoms with Crippen LogP contribution < -0.4 is 0 Å². The molecule has 0 aromatic rings. The number of fused-ring (bicyclic) bond motifs is 1. The summed E-state index contributed by atoms with van der Waals surface area (Å²) in [6.07, 6.45) is -6.04. The zero-order chi connectivity index (χ0) is 18.8. The highest BCUT2D eigenvalue weighted by Crippen LogP contribution is 2.47. The Bertz CT molecular complexity index is 708. The average molecular weight is 392 g/mol. The maximum Gasteiger partial charge on any atom is 0.431 e. The molecule has 3 aliphatic rings. The lowest BCUT2D eigenvalue weighted by Gasteiger charge is -2.25. The highest BCUT2D eigenvalue weighted by molar-refractivity contribution is 7.87. The van der Waals surface area contributed by atoms with Crippen LogP contribution in [0, 0.1) is 5.92 Å². The minimum absolute atomic E-state index is 0.231. The molecule has 3 heterocycles. The third-order valence-corrected chi connectivity index (χ3v) is 5.39. The Kier molecular flexibility index (Phi) is 4.04. The van der Waals surface area contributed by atoms with Gasteiger partial charge in [-0.15, -0.1) is 0 Å². The van der Waals surface area contributed by atoms with Crippen molar-refractivity contribution in [3.8, 4) is 0 Å². The monoisotopic (exact) mass is 392 g/mol. The number of ether oxygens (including phenoxy) is 3. The van der Waals surface area contributed by atoms with Crippen molar-refractivity contribution in [2.45, 2.75) is 54.9 Å².